The zero-order valence-electron chi connectivity index (χ0n) is 18.6. The van der Waals surface area contributed by atoms with Gasteiger partial charge in [0.15, 0.2) is 0 Å². The molecule has 1 aliphatic heterocycles. The lowest BCUT2D eigenvalue weighted by Crippen LogP contribution is -2.47. The molecule has 1 aliphatic carbocycles. The number of hydrogen-bond acceptors (Lipinski definition) is 4. The molecule has 31 heavy (non-hydrogen) atoms. The summed E-state index contributed by atoms with van der Waals surface area (Å²) in [6.07, 6.45) is 3.41. The number of methoxy groups -OCH3 is 1. The van der Waals surface area contributed by atoms with Crippen LogP contribution in [0.1, 0.15) is 40.5 Å². The lowest BCUT2D eigenvalue weighted by molar-refractivity contribution is -0.00928. The van der Waals surface area contributed by atoms with Crippen LogP contribution in [-0.4, -0.2) is 47.3 Å². The summed E-state index contributed by atoms with van der Waals surface area (Å²) >= 11 is 0. The molecule has 1 aromatic heterocycles. The van der Waals surface area contributed by atoms with Crippen molar-refractivity contribution in [3.63, 3.8) is 0 Å². The Labute approximate surface area is 184 Å². The molecule has 5 nitrogen and oxygen atoms in total. The van der Waals surface area contributed by atoms with Gasteiger partial charge in [-0.05, 0) is 80.0 Å². The Morgan fingerprint density at radius 2 is 1.97 bits per heavy atom. The molecule has 2 aliphatic rings. The minimum absolute atomic E-state index is 0.153. The SMILES string of the molecule is CO[C@@H]1CN(C[C@H]2Cc3ccc(C#N)cc3C2)CC[C@@H]1n1c(C)nc2cc(C)ccc21. The van der Waals surface area contributed by atoms with E-state index in [1.165, 1.54) is 22.2 Å². The van der Waals surface area contributed by atoms with E-state index in [0.717, 1.165) is 55.8 Å². The van der Waals surface area contributed by atoms with E-state index in [0.29, 0.717) is 12.0 Å². The van der Waals surface area contributed by atoms with Crippen molar-refractivity contribution in [3.05, 3.63) is 64.5 Å². The van der Waals surface area contributed by atoms with Crippen LogP contribution in [0.5, 0.6) is 0 Å². The summed E-state index contributed by atoms with van der Waals surface area (Å²) in [5, 5.41) is 9.18. The molecule has 1 saturated heterocycles. The fraction of sp³-hybridized carbons (Fsp3) is 0.462. The molecule has 5 rings (SSSR count). The number of nitrogens with zero attached hydrogens (tertiary/aromatic N) is 4. The third-order valence-corrected chi connectivity index (χ3v) is 7.13. The first-order valence-electron chi connectivity index (χ1n) is 11.3. The molecule has 0 amide bonds. The molecule has 0 bridgehead atoms. The van der Waals surface area contributed by atoms with Gasteiger partial charge in [0, 0.05) is 26.7 Å². The quantitative estimate of drug-likeness (QED) is 0.642. The molecule has 160 valence electrons. The number of hydrogen-bond donors (Lipinski definition) is 0. The van der Waals surface area contributed by atoms with E-state index in [1.54, 1.807) is 0 Å². The van der Waals surface area contributed by atoms with Crippen molar-refractivity contribution in [1.82, 2.24) is 14.5 Å². The van der Waals surface area contributed by atoms with Gasteiger partial charge in [0.25, 0.3) is 0 Å². The summed E-state index contributed by atoms with van der Waals surface area (Å²) in [5.74, 6) is 1.69. The molecule has 0 saturated carbocycles. The number of rotatable bonds is 4. The molecule has 2 aromatic carbocycles. The first-order valence-corrected chi connectivity index (χ1v) is 11.3. The van der Waals surface area contributed by atoms with Gasteiger partial charge >= 0.3 is 0 Å². The number of piperidine rings is 1. The minimum atomic E-state index is 0.153. The molecular formula is C26H30N4O. The number of fused-ring (bicyclic) bond motifs is 2. The highest BCUT2D eigenvalue weighted by Gasteiger charge is 2.34. The smallest absolute Gasteiger partial charge is 0.107 e. The van der Waals surface area contributed by atoms with Crippen molar-refractivity contribution in [2.45, 2.75) is 45.3 Å². The van der Waals surface area contributed by atoms with Gasteiger partial charge in [-0.1, -0.05) is 12.1 Å². The van der Waals surface area contributed by atoms with Crippen molar-refractivity contribution in [2.24, 2.45) is 5.92 Å². The molecule has 5 heteroatoms. The first-order chi connectivity index (χ1) is 15.1. The Morgan fingerprint density at radius 3 is 2.77 bits per heavy atom. The molecule has 3 atom stereocenters. The third kappa shape index (κ3) is 3.75. The number of benzene rings is 2. The summed E-state index contributed by atoms with van der Waals surface area (Å²) in [6, 6.07) is 15.3. The van der Waals surface area contributed by atoms with Crippen LogP contribution in [0.25, 0.3) is 11.0 Å². The number of likely N-dealkylation sites (tertiary alicyclic amines) is 1. The molecule has 0 spiro atoms. The van der Waals surface area contributed by atoms with Gasteiger partial charge in [0.2, 0.25) is 0 Å². The Kier molecular flexibility index (Phi) is 5.29. The Morgan fingerprint density at radius 1 is 1.13 bits per heavy atom. The van der Waals surface area contributed by atoms with E-state index in [1.807, 2.05) is 13.2 Å². The maximum atomic E-state index is 9.18. The second-order valence-electron chi connectivity index (χ2n) is 9.28. The third-order valence-electron chi connectivity index (χ3n) is 7.13. The van der Waals surface area contributed by atoms with Crippen LogP contribution in [0, 0.1) is 31.1 Å². The Bertz CT molecular complexity index is 1160. The molecule has 1 fully saturated rings. The summed E-state index contributed by atoms with van der Waals surface area (Å²) in [5.41, 5.74) is 7.09. The fourth-order valence-corrected chi connectivity index (χ4v) is 5.68. The van der Waals surface area contributed by atoms with Crippen LogP contribution in [0.4, 0.5) is 0 Å². The van der Waals surface area contributed by atoms with E-state index >= 15 is 0 Å². The van der Waals surface area contributed by atoms with Gasteiger partial charge in [-0.25, -0.2) is 4.98 Å². The van der Waals surface area contributed by atoms with Crippen LogP contribution in [0.2, 0.25) is 0 Å². The van der Waals surface area contributed by atoms with E-state index in [2.05, 4.69) is 59.7 Å². The molecule has 0 radical (unpaired) electrons. The van der Waals surface area contributed by atoms with E-state index in [4.69, 9.17) is 9.72 Å². The highest BCUT2D eigenvalue weighted by atomic mass is 16.5. The van der Waals surface area contributed by atoms with Gasteiger partial charge in [-0.15, -0.1) is 0 Å². The zero-order valence-corrected chi connectivity index (χ0v) is 18.6. The summed E-state index contributed by atoms with van der Waals surface area (Å²) in [7, 11) is 1.84. The van der Waals surface area contributed by atoms with Gasteiger partial charge in [0.05, 0.1) is 34.8 Å². The minimum Gasteiger partial charge on any atom is -0.378 e. The van der Waals surface area contributed by atoms with Gasteiger partial charge in [0.1, 0.15) is 5.82 Å². The largest absolute Gasteiger partial charge is 0.378 e. The van der Waals surface area contributed by atoms with Crippen molar-refractivity contribution in [3.8, 4) is 6.07 Å². The van der Waals surface area contributed by atoms with Crippen LogP contribution < -0.4 is 0 Å². The number of nitriles is 1. The molecule has 0 N–H and O–H groups in total. The fourth-order valence-electron chi connectivity index (χ4n) is 5.68. The number of aromatic nitrogens is 2. The monoisotopic (exact) mass is 414 g/mol. The van der Waals surface area contributed by atoms with Crippen molar-refractivity contribution in [1.29, 1.82) is 5.26 Å². The molecule has 2 heterocycles. The topological polar surface area (TPSA) is 54.1 Å². The number of ether oxygens (including phenoxy) is 1. The van der Waals surface area contributed by atoms with Crippen LogP contribution in [0.15, 0.2) is 36.4 Å². The van der Waals surface area contributed by atoms with Crippen molar-refractivity contribution in [2.75, 3.05) is 26.7 Å². The van der Waals surface area contributed by atoms with E-state index < -0.39 is 0 Å². The maximum absolute atomic E-state index is 9.18. The molecular weight excluding hydrogens is 384 g/mol. The summed E-state index contributed by atoms with van der Waals surface area (Å²) < 4.78 is 8.41. The van der Waals surface area contributed by atoms with Crippen LogP contribution in [-0.2, 0) is 17.6 Å². The average Bonchev–Trinajstić information content (AvgIpc) is 3.31. The summed E-state index contributed by atoms with van der Waals surface area (Å²) in [6.45, 7) is 7.34. The maximum Gasteiger partial charge on any atom is 0.107 e. The van der Waals surface area contributed by atoms with Gasteiger partial charge in [-0.2, -0.15) is 5.26 Å². The normalized spacial score (nSPS) is 23.7. The van der Waals surface area contributed by atoms with Gasteiger partial charge < -0.3 is 14.2 Å². The van der Waals surface area contributed by atoms with Crippen molar-refractivity contribution >= 4 is 11.0 Å². The van der Waals surface area contributed by atoms with E-state index in [-0.39, 0.29) is 6.10 Å². The highest BCUT2D eigenvalue weighted by molar-refractivity contribution is 5.77. The predicted octanol–water partition coefficient (Wildman–Crippen LogP) is 4.20. The Hall–Kier alpha value is -2.68. The second-order valence-corrected chi connectivity index (χ2v) is 9.28. The molecule has 0 unspecified atom stereocenters. The zero-order chi connectivity index (χ0) is 21.5. The van der Waals surface area contributed by atoms with E-state index in [9.17, 15) is 5.26 Å². The van der Waals surface area contributed by atoms with Crippen LogP contribution in [0.3, 0.4) is 0 Å². The molecule has 3 aromatic rings. The van der Waals surface area contributed by atoms with Gasteiger partial charge in [-0.3, -0.25) is 0 Å². The lowest BCUT2D eigenvalue weighted by atomic mass is 9.98. The van der Waals surface area contributed by atoms with Crippen molar-refractivity contribution < 1.29 is 4.74 Å². The lowest BCUT2D eigenvalue weighted by Gasteiger charge is -2.40. The summed E-state index contributed by atoms with van der Waals surface area (Å²) in [4.78, 5) is 7.40. The van der Waals surface area contributed by atoms with Crippen LogP contribution >= 0.6 is 0 Å². The first kappa shape index (κ1) is 20.2. The standard InChI is InChI=1S/C26H30N4O/c1-17-4-7-24-23(10-17)28-18(2)30(24)25-8-9-29(16-26(25)31-3)15-20-12-21-6-5-19(14-27)11-22(21)13-20/h4-7,10-11,20,25-26H,8-9,12-13,15-16H2,1-3H3/t20-,25-,26+/m0/s1. The average molecular weight is 415 g/mol. The number of aryl methyl sites for hydroxylation is 2. The highest BCUT2D eigenvalue weighted by Crippen LogP contribution is 2.33. The second kappa shape index (κ2) is 8.11. The number of imidazole rings is 1. The predicted molar refractivity (Wildman–Crippen MR) is 122 cm³/mol. The Balaban J connectivity index is 1.30.